The van der Waals surface area contributed by atoms with Crippen LogP contribution < -0.4 is 4.90 Å². The number of piperazine rings is 1. The minimum Gasteiger partial charge on any atom is -0.465 e. The van der Waals surface area contributed by atoms with Crippen LogP contribution in [0.25, 0.3) is 10.9 Å². The van der Waals surface area contributed by atoms with Crippen molar-refractivity contribution in [3.8, 4) is 0 Å². The van der Waals surface area contributed by atoms with Gasteiger partial charge in [0.15, 0.2) is 0 Å². The molecule has 0 N–H and O–H groups in total. The van der Waals surface area contributed by atoms with Crippen molar-refractivity contribution in [3.05, 3.63) is 30.1 Å². The molecule has 0 atom stereocenters. The van der Waals surface area contributed by atoms with E-state index >= 15 is 0 Å². The highest BCUT2D eigenvalue weighted by Gasteiger charge is 2.27. The van der Waals surface area contributed by atoms with Crippen LogP contribution in [0.5, 0.6) is 0 Å². The summed E-state index contributed by atoms with van der Waals surface area (Å²) in [6.45, 7) is 7.97. The number of anilines is 1. The lowest BCUT2D eigenvalue weighted by molar-refractivity contribution is 0.0240. The van der Waals surface area contributed by atoms with Crippen LogP contribution in [0.4, 0.5) is 10.6 Å². The second kappa shape index (κ2) is 7.38. The van der Waals surface area contributed by atoms with E-state index in [1.807, 2.05) is 26.8 Å². The molecule has 0 unspecified atom stereocenters. The number of methoxy groups -OCH3 is 1. The first-order valence-corrected chi connectivity index (χ1v) is 8.84. The fraction of sp³-hybridized carbons (Fsp3) is 0.474. The number of ether oxygens (including phenoxy) is 2. The topological polar surface area (TPSA) is 84.9 Å². The predicted octanol–water partition coefficient (Wildman–Crippen LogP) is 2.47. The third-order valence-corrected chi connectivity index (χ3v) is 4.27. The van der Waals surface area contributed by atoms with Crippen LogP contribution in [0.15, 0.2) is 24.5 Å². The quantitative estimate of drug-likeness (QED) is 0.749. The molecular formula is C19H24N4O4. The fourth-order valence-corrected chi connectivity index (χ4v) is 2.97. The Kier molecular flexibility index (Phi) is 5.16. The highest BCUT2D eigenvalue weighted by atomic mass is 16.6. The Bertz CT molecular complexity index is 854. The number of nitrogens with zero attached hydrogens (tertiary/aromatic N) is 4. The standard InChI is InChI=1S/C19H24N4O4/c1-19(2,3)27-18(25)23-9-7-22(8-10-23)16-14-6-5-13(17(24)26-4)11-15(14)20-12-21-16/h5-6,11-12H,7-10H2,1-4H3. The molecule has 1 amide bonds. The Labute approximate surface area is 158 Å². The number of rotatable bonds is 2. The maximum absolute atomic E-state index is 12.2. The molecule has 1 saturated heterocycles. The lowest BCUT2D eigenvalue weighted by Gasteiger charge is -2.36. The zero-order chi connectivity index (χ0) is 19.6. The fourth-order valence-electron chi connectivity index (χ4n) is 2.97. The molecule has 27 heavy (non-hydrogen) atoms. The number of amides is 1. The molecule has 8 heteroatoms. The minimum absolute atomic E-state index is 0.294. The second-order valence-electron chi connectivity index (χ2n) is 7.38. The molecule has 3 rings (SSSR count). The van der Waals surface area contributed by atoms with Crippen molar-refractivity contribution in [2.75, 3.05) is 38.2 Å². The van der Waals surface area contributed by atoms with E-state index in [1.165, 1.54) is 13.4 Å². The molecular weight excluding hydrogens is 348 g/mol. The molecule has 1 fully saturated rings. The number of fused-ring (bicyclic) bond motifs is 1. The number of carbonyl (C=O) groups is 2. The molecule has 0 radical (unpaired) electrons. The first kappa shape index (κ1) is 18.9. The van der Waals surface area contributed by atoms with Gasteiger partial charge in [0.05, 0.1) is 18.2 Å². The number of hydrogen-bond donors (Lipinski definition) is 0. The van der Waals surface area contributed by atoms with Gasteiger partial charge in [-0.1, -0.05) is 0 Å². The summed E-state index contributed by atoms with van der Waals surface area (Å²) in [4.78, 5) is 36.4. The molecule has 1 aliphatic rings. The van der Waals surface area contributed by atoms with Gasteiger partial charge in [-0.05, 0) is 39.0 Å². The Hall–Kier alpha value is -2.90. The van der Waals surface area contributed by atoms with E-state index in [1.54, 1.807) is 17.0 Å². The van der Waals surface area contributed by atoms with E-state index in [2.05, 4.69) is 14.9 Å². The molecule has 0 aliphatic carbocycles. The second-order valence-corrected chi connectivity index (χ2v) is 7.38. The summed E-state index contributed by atoms with van der Waals surface area (Å²) < 4.78 is 10.2. The normalized spacial score (nSPS) is 15.0. The first-order valence-electron chi connectivity index (χ1n) is 8.84. The lowest BCUT2D eigenvalue weighted by atomic mass is 10.1. The third kappa shape index (κ3) is 4.27. The van der Waals surface area contributed by atoms with Gasteiger partial charge in [-0.15, -0.1) is 0 Å². The zero-order valence-electron chi connectivity index (χ0n) is 16.1. The predicted molar refractivity (Wildman–Crippen MR) is 101 cm³/mol. The molecule has 0 bridgehead atoms. The van der Waals surface area contributed by atoms with Crippen molar-refractivity contribution in [2.24, 2.45) is 0 Å². The molecule has 8 nitrogen and oxygen atoms in total. The molecule has 0 saturated carbocycles. The molecule has 1 aromatic heterocycles. The van der Waals surface area contributed by atoms with E-state index in [0.717, 1.165) is 11.2 Å². The van der Waals surface area contributed by atoms with Crippen molar-refractivity contribution in [1.82, 2.24) is 14.9 Å². The van der Waals surface area contributed by atoms with Gasteiger partial charge in [-0.2, -0.15) is 0 Å². The Morgan fingerprint density at radius 3 is 2.41 bits per heavy atom. The number of carbonyl (C=O) groups excluding carboxylic acids is 2. The van der Waals surface area contributed by atoms with Crippen molar-refractivity contribution in [2.45, 2.75) is 26.4 Å². The SMILES string of the molecule is COC(=O)c1ccc2c(N3CCN(C(=O)OC(C)(C)C)CC3)ncnc2c1. The minimum atomic E-state index is -0.506. The van der Waals surface area contributed by atoms with Gasteiger partial charge in [0.1, 0.15) is 17.7 Å². The molecule has 1 aliphatic heterocycles. The van der Waals surface area contributed by atoms with Crippen LogP contribution >= 0.6 is 0 Å². The van der Waals surface area contributed by atoms with Gasteiger partial charge >= 0.3 is 12.1 Å². The van der Waals surface area contributed by atoms with Crippen molar-refractivity contribution >= 4 is 28.8 Å². The van der Waals surface area contributed by atoms with Gasteiger partial charge in [0.2, 0.25) is 0 Å². The monoisotopic (exact) mass is 372 g/mol. The lowest BCUT2D eigenvalue weighted by Crippen LogP contribution is -2.50. The first-order chi connectivity index (χ1) is 12.8. The number of hydrogen-bond acceptors (Lipinski definition) is 7. The Morgan fingerprint density at radius 1 is 1.07 bits per heavy atom. The molecule has 1 aromatic carbocycles. The average molecular weight is 372 g/mol. The van der Waals surface area contributed by atoms with Gasteiger partial charge in [-0.25, -0.2) is 19.6 Å². The van der Waals surface area contributed by atoms with Crippen LogP contribution in [0, 0.1) is 0 Å². The van der Waals surface area contributed by atoms with E-state index in [0.29, 0.717) is 37.3 Å². The largest absolute Gasteiger partial charge is 0.465 e. The van der Waals surface area contributed by atoms with Gasteiger partial charge in [0, 0.05) is 31.6 Å². The van der Waals surface area contributed by atoms with E-state index in [4.69, 9.17) is 9.47 Å². The van der Waals surface area contributed by atoms with Crippen molar-refractivity contribution in [3.63, 3.8) is 0 Å². The Morgan fingerprint density at radius 2 is 1.78 bits per heavy atom. The average Bonchev–Trinajstić information content (AvgIpc) is 2.65. The molecule has 2 aromatic rings. The summed E-state index contributed by atoms with van der Waals surface area (Å²) in [6, 6.07) is 5.23. The summed E-state index contributed by atoms with van der Waals surface area (Å²) in [5.74, 6) is 0.392. The summed E-state index contributed by atoms with van der Waals surface area (Å²) in [7, 11) is 1.35. The van der Waals surface area contributed by atoms with Crippen LogP contribution in [0.2, 0.25) is 0 Å². The van der Waals surface area contributed by atoms with Crippen molar-refractivity contribution < 1.29 is 19.1 Å². The summed E-state index contributed by atoms with van der Waals surface area (Å²) in [5.41, 5.74) is 0.621. The zero-order valence-corrected chi connectivity index (χ0v) is 16.1. The molecule has 0 spiro atoms. The summed E-state index contributed by atoms with van der Waals surface area (Å²) >= 11 is 0. The highest BCUT2D eigenvalue weighted by Crippen LogP contribution is 2.25. The van der Waals surface area contributed by atoms with Gasteiger partial charge in [0.25, 0.3) is 0 Å². The van der Waals surface area contributed by atoms with E-state index in [-0.39, 0.29) is 6.09 Å². The van der Waals surface area contributed by atoms with E-state index < -0.39 is 11.6 Å². The number of esters is 1. The molecule has 2 heterocycles. The van der Waals surface area contributed by atoms with Gasteiger partial charge in [-0.3, -0.25) is 0 Å². The Balaban J connectivity index is 1.75. The maximum atomic E-state index is 12.2. The third-order valence-electron chi connectivity index (χ3n) is 4.27. The van der Waals surface area contributed by atoms with Crippen molar-refractivity contribution in [1.29, 1.82) is 0 Å². The molecule has 144 valence electrons. The van der Waals surface area contributed by atoms with Crippen LogP contribution in [0.1, 0.15) is 31.1 Å². The number of benzene rings is 1. The maximum Gasteiger partial charge on any atom is 0.410 e. The highest BCUT2D eigenvalue weighted by molar-refractivity contribution is 5.97. The number of aromatic nitrogens is 2. The van der Waals surface area contributed by atoms with Crippen LogP contribution in [0.3, 0.4) is 0 Å². The van der Waals surface area contributed by atoms with Crippen LogP contribution in [-0.2, 0) is 9.47 Å². The summed E-state index contributed by atoms with van der Waals surface area (Å²) in [6.07, 6.45) is 1.19. The van der Waals surface area contributed by atoms with E-state index in [9.17, 15) is 9.59 Å². The smallest absolute Gasteiger partial charge is 0.410 e. The summed E-state index contributed by atoms with van der Waals surface area (Å²) in [5, 5.41) is 0.857. The van der Waals surface area contributed by atoms with Gasteiger partial charge < -0.3 is 19.3 Å². The van der Waals surface area contributed by atoms with Crippen LogP contribution in [-0.4, -0.2) is 65.8 Å².